The fourth-order valence-corrected chi connectivity index (χ4v) is 4.20. The minimum absolute atomic E-state index is 0. The van der Waals surface area contributed by atoms with E-state index in [1.165, 1.54) is 19.2 Å². The standard InChI is InChI=1S/C21H32ClN5O4.H2O/c1-25-6-8-27(9-7-25)20(28)13-26-5-4-17(19(12-26)31-3)24-21(29)14-10-15(22)16(23)11-18(14)30-2;/h10-11,17,19H,4-9,12-13,23H2,1-3H3,(H,24,29);1H2. The van der Waals surface area contributed by atoms with Crippen LogP contribution in [0.15, 0.2) is 12.1 Å². The van der Waals surface area contributed by atoms with Crippen molar-refractivity contribution in [2.24, 2.45) is 0 Å². The van der Waals surface area contributed by atoms with Crippen molar-refractivity contribution in [3.63, 3.8) is 0 Å². The molecule has 2 atom stereocenters. The molecule has 11 heteroatoms. The quantitative estimate of drug-likeness (QED) is 0.544. The van der Waals surface area contributed by atoms with Gasteiger partial charge in [0.05, 0.1) is 42.1 Å². The number of anilines is 1. The number of nitrogens with zero attached hydrogens (tertiary/aromatic N) is 3. The second-order valence-electron chi connectivity index (χ2n) is 8.14. The Morgan fingerprint density at radius 2 is 1.88 bits per heavy atom. The van der Waals surface area contributed by atoms with Crippen LogP contribution in [-0.2, 0) is 9.53 Å². The molecule has 0 bridgehead atoms. The molecule has 2 heterocycles. The lowest BCUT2D eigenvalue weighted by Crippen LogP contribution is -2.57. The van der Waals surface area contributed by atoms with Gasteiger partial charge in [0.25, 0.3) is 5.91 Å². The van der Waals surface area contributed by atoms with Crippen LogP contribution in [-0.4, -0.2) is 111 Å². The van der Waals surface area contributed by atoms with Crippen molar-refractivity contribution >= 4 is 29.1 Å². The van der Waals surface area contributed by atoms with Gasteiger partial charge in [-0.25, -0.2) is 0 Å². The molecule has 0 aromatic heterocycles. The SMILES string of the molecule is COc1cc(N)c(Cl)cc1C(=O)NC1CCN(CC(=O)N2CCN(C)CC2)CC1OC.O. The number of methoxy groups -OCH3 is 2. The van der Waals surface area contributed by atoms with Crippen molar-refractivity contribution in [1.29, 1.82) is 0 Å². The van der Waals surface area contributed by atoms with E-state index in [1.54, 1.807) is 7.11 Å². The number of rotatable bonds is 6. The number of carbonyl (C=O) groups excluding carboxylic acids is 2. The van der Waals surface area contributed by atoms with E-state index >= 15 is 0 Å². The van der Waals surface area contributed by atoms with Gasteiger partial charge >= 0.3 is 0 Å². The minimum atomic E-state index is -0.298. The molecule has 1 aromatic carbocycles. The van der Waals surface area contributed by atoms with Crippen molar-refractivity contribution in [1.82, 2.24) is 20.0 Å². The zero-order chi connectivity index (χ0) is 22.5. The molecule has 2 saturated heterocycles. The van der Waals surface area contributed by atoms with E-state index in [-0.39, 0.29) is 29.4 Å². The van der Waals surface area contributed by atoms with Crippen LogP contribution < -0.4 is 15.8 Å². The van der Waals surface area contributed by atoms with E-state index in [0.717, 1.165) is 26.2 Å². The molecule has 3 rings (SSSR count). The van der Waals surface area contributed by atoms with Crippen molar-refractivity contribution in [2.45, 2.75) is 18.6 Å². The number of carbonyl (C=O) groups is 2. The lowest BCUT2D eigenvalue weighted by Gasteiger charge is -2.39. The van der Waals surface area contributed by atoms with Crippen LogP contribution in [0.2, 0.25) is 5.02 Å². The molecular weight excluding hydrogens is 438 g/mol. The second kappa shape index (κ2) is 11.7. The summed E-state index contributed by atoms with van der Waals surface area (Å²) in [7, 11) is 5.17. The topological polar surface area (TPSA) is 132 Å². The summed E-state index contributed by atoms with van der Waals surface area (Å²) in [6.45, 7) is 4.97. The van der Waals surface area contributed by atoms with Gasteiger partial charge in [0.2, 0.25) is 5.91 Å². The number of benzene rings is 1. The zero-order valence-electron chi connectivity index (χ0n) is 18.9. The predicted octanol–water partition coefficient (Wildman–Crippen LogP) is -0.301. The van der Waals surface area contributed by atoms with Gasteiger partial charge in [-0.05, 0) is 19.5 Å². The Bertz CT molecular complexity index is 803. The van der Waals surface area contributed by atoms with Crippen molar-refractivity contribution < 1.29 is 24.5 Å². The minimum Gasteiger partial charge on any atom is -0.496 e. The van der Waals surface area contributed by atoms with E-state index in [4.69, 9.17) is 26.8 Å². The van der Waals surface area contributed by atoms with Crippen LogP contribution in [0.3, 0.4) is 0 Å². The number of ether oxygens (including phenoxy) is 2. The molecule has 2 unspecified atom stereocenters. The van der Waals surface area contributed by atoms with E-state index in [2.05, 4.69) is 22.2 Å². The van der Waals surface area contributed by atoms with Gasteiger partial charge in [-0.1, -0.05) is 11.6 Å². The third kappa shape index (κ3) is 6.23. The van der Waals surface area contributed by atoms with E-state index in [9.17, 15) is 9.59 Å². The molecule has 0 radical (unpaired) electrons. The zero-order valence-corrected chi connectivity index (χ0v) is 19.7. The molecule has 5 N–H and O–H groups in total. The molecule has 1 aromatic rings. The Balaban J connectivity index is 0.00000363. The highest BCUT2D eigenvalue weighted by Crippen LogP contribution is 2.29. The number of nitrogens with two attached hydrogens (primary N) is 1. The largest absolute Gasteiger partial charge is 0.496 e. The van der Waals surface area contributed by atoms with Crippen LogP contribution in [0, 0.1) is 0 Å². The van der Waals surface area contributed by atoms with Gasteiger partial charge in [0.1, 0.15) is 5.75 Å². The Labute approximate surface area is 193 Å². The third-order valence-corrected chi connectivity index (χ3v) is 6.37. The Hall–Kier alpha value is -2.11. The second-order valence-corrected chi connectivity index (χ2v) is 8.54. The maximum absolute atomic E-state index is 12.9. The van der Waals surface area contributed by atoms with E-state index in [0.29, 0.717) is 48.1 Å². The first kappa shape index (κ1) is 26.1. The van der Waals surface area contributed by atoms with Crippen molar-refractivity contribution in [3.05, 3.63) is 22.7 Å². The highest BCUT2D eigenvalue weighted by atomic mass is 35.5. The fourth-order valence-electron chi connectivity index (χ4n) is 4.04. The van der Waals surface area contributed by atoms with Gasteiger partial charge in [-0.3, -0.25) is 14.5 Å². The lowest BCUT2D eigenvalue weighted by atomic mass is 10.0. The maximum Gasteiger partial charge on any atom is 0.255 e. The summed E-state index contributed by atoms with van der Waals surface area (Å²) in [6.07, 6.45) is 0.443. The Kier molecular flexibility index (Phi) is 9.53. The number of hydrogen-bond acceptors (Lipinski definition) is 7. The van der Waals surface area contributed by atoms with Crippen LogP contribution >= 0.6 is 11.6 Å². The summed E-state index contributed by atoms with van der Waals surface area (Å²) >= 11 is 6.09. The van der Waals surface area contributed by atoms with Gasteiger partial charge in [0, 0.05) is 52.4 Å². The summed E-state index contributed by atoms with van der Waals surface area (Å²) in [4.78, 5) is 31.8. The molecule has 32 heavy (non-hydrogen) atoms. The number of likely N-dealkylation sites (N-methyl/N-ethyl adjacent to an activating group) is 1. The molecular formula is C21H34ClN5O5. The summed E-state index contributed by atoms with van der Waals surface area (Å²) in [5.41, 5.74) is 6.48. The van der Waals surface area contributed by atoms with E-state index in [1.807, 2.05) is 4.90 Å². The molecule has 2 aliphatic heterocycles. The maximum atomic E-state index is 12.9. The van der Waals surface area contributed by atoms with E-state index < -0.39 is 0 Å². The number of nitrogen functional groups attached to an aromatic ring is 1. The average Bonchev–Trinajstić information content (AvgIpc) is 2.76. The van der Waals surface area contributed by atoms with Crippen molar-refractivity contribution in [2.75, 3.05) is 72.8 Å². The number of halogens is 1. The fraction of sp³-hybridized carbons (Fsp3) is 0.619. The van der Waals surface area contributed by atoms with Gasteiger partial charge in [0.15, 0.2) is 0 Å². The number of amides is 2. The first-order chi connectivity index (χ1) is 14.8. The smallest absolute Gasteiger partial charge is 0.255 e. The van der Waals surface area contributed by atoms with Crippen LogP contribution in [0.4, 0.5) is 5.69 Å². The Morgan fingerprint density at radius 3 is 2.50 bits per heavy atom. The van der Waals surface area contributed by atoms with Crippen LogP contribution in [0.5, 0.6) is 5.75 Å². The lowest BCUT2D eigenvalue weighted by molar-refractivity contribution is -0.135. The highest BCUT2D eigenvalue weighted by Gasteiger charge is 2.33. The predicted molar refractivity (Wildman–Crippen MR) is 123 cm³/mol. The molecule has 180 valence electrons. The molecule has 0 spiro atoms. The monoisotopic (exact) mass is 471 g/mol. The van der Waals surface area contributed by atoms with Crippen molar-refractivity contribution in [3.8, 4) is 5.75 Å². The average molecular weight is 472 g/mol. The van der Waals surface area contributed by atoms with Gasteiger partial charge in [-0.2, -0.15) is 0 Å². The highest BCUT2D eigenvalue weighted by molar-refractivity contribution is 6.33. The molecule has 2 fully saturated rings. The van der Waals surface area contributed by atoms with Crippen LogP contribution in [0.25, 0.3) is 0 Å². The molecule has 0 saturated carbocycles. The Morgan fingerprint density at radius 1 is 1.19 bits per heavy atom. The summed E-state index contributed by atoms with van der Waals surface area (Å²) in [5, 5.41) is 3.33. The molecule has 2 amide bonds. The number of likely N-dealkylation sites (tertiary alicyclic amines) is 1. The first-order valence-corrected chi connectivity index (χ1v) is 10.9. The number of nitrogens with one attached hydrogen (secondary N) is 1. The van der Waals surface area contributed by atoms with Gasteiger partial charge in [-0.15, -0.1) is 0 Å². The number of hydrogen-bond donors (Lipinski definition) is 2. The molecule has 10 nitrogen and oxygen atoms in total. The van der Waals surface area contributed by atoms with Gasteiger partial charge < -0.3 is 35.8 Å². The number of piperazine rings is 1. The summed E-state index contributed by atoms with van der Waals surface area (Å²) in [6, 6.07) is 2.86. The summed E-state index contributed by atoms with van der Waals surface area (Å²) < 4.78 is 10.9. The summed E-state index contributed by atoms with van der Waals surface area (Å²) in [5.74, 6) is 0.211. The first-order valence-electron chi connectivity index (χ1n) is 10.5. The molecule has 0 aliphatic carbocycles. The number of piperidine rings is 1. The third-order valence-electron chi connectivity index (χ3n) is 6.04. The molecule has 2 aliphatic rings. The normalized spacial score (nSPS) is 22.2. The van der Waals surface area contributed by atoms with Crippen LogP contribution in [0.1, 0.15) is 16.8 Å².